The van der Waals surface area contributed by atoms with Gasteiger partial charge in [-0.05, 0) is 43.3 Å². The number of nitrogens with zero attached hydrogens (tertiary/aromatic N) is 5. The predicted octanol–water partition coefficient (Wildman–Crippen LogP) is 4.84. The number of thioether (sulfide) groups is 1. The fourth-order valence-corrected chi connectivity index (χ4v) is 4.97. The van der Waals surface area contributed by atoms with E-state index in [2.05, 4.69) is 15.2 Å². The Hall–Kier alpha value is -2.62. The lowest BCUT2D eigenvalue weighted by Gasteiger charge is -2.20. The summed E-state index contributed by atoms with van der Waals surface area (Å²) >= 11 is 8.87. The molecule has 0 atom stereocenters. The van der Waals surface area contributed by atoms with Crippen LogP contribution in [-0.2, 0) is 17.9 Å². The molecular weight excluding hydrogens is 454 g/mol. The Labute approximate surface area is 193 Å². The quantitative estimate of drug-likeness (QED) is 0.324. The number of thiophene rings is 1. The Morgan fingerprint density at radius 3 is 2.84 bits per heavy atom. The minimum absolute atomic E-state index is 0.0347. The number of hydrogen-bond acceptors (Lipinski definition) is 7. The van der Waals surface area contributed by atoms with E-state index in [1.807, 2.05) is 52.8 Å². The van der Waals surface area contributed by atoms with E-state index in [1.54, 1.807) is 18.7 Å². The van der Waals surface area contributed by atoms with Crippen LogP contribution in [0, 0.1) is 0 Å². The third-order valence-electron chi connectivity index (χ3n) is 4.57. The molecule has 0 saturated heterocycles. The molecule has 4 aromatic heterocycles. The molecule has 10 heteroatoms. The van der Waals surface area contributed by atoms with Gasteiger partial charge in [-0.3, -0.25) is 14.3 Å². The maximum absolute atomic E-state index is 12.9. The zero-order valence-corrected chi connectivity index (χ0v) is 19.2. The number of aromatic nitrogens is 4. The Kier molecular flexibility index (Phi) is 7.06. The molecule has 0 spiro atoms. The summed E-state index contributed by atoms with van der Waals surface area (Å²) in [6, 6.07) is 11.3. The second kappa shape index (κ2) is 10.1. The number of amides is 1. The third kappa shape index (κ3) is 5.36. The minimum atomic E-state index is 0.0347. The normalized spacial score (nSPS) is 11.0. The molecule has 4 rings (SSSR count). The van der Waals surface area contributed by atoms with Crippen LogP contribution in [0.25, 0.3) is 11.4 Å². The average Bonchev–Trinajstić information content (AvgIpc) is 3.53. The van der Waals surface area contributed by atoms with Gasteiger partial charge in [-0.2, -0.15) is 0 Å². The van der Waals surface area contributed by atoms with E-state index in [0.717, 1.165) is 20.5 Å². The summed E-state index contributed by atoms with van der Waals surface area (Å²) < 4.78 is 8.19. The predicted molar refractivity (Wildman–Crippen MR) is 122 cm³/mol. The molecule has 1 amide bonds. The van der Waals surface area contributed by atoms with Gasteiger partial charge in [0.25, 0.3) is 0 Å². The molecule has 0 aromatic carbocycles. The zero-order chi connectivity index (χ0) is 21.6. The summed E-state index contributed by atoms with van der Waals surface area (Å²) in [6.07, 6.45) is 5.09. The molecule has 31 heavy (non-hydrogen) atoms. The molecule has 160 valence electrons. The number of carbonyl (C=O) groups is 1. The van der Waals surface area contributed by atoms with E-state index < -0.39 is 0 Å². The molecule has 7 nitrogen and oxygen atoms in total. The van der Waals surface area contributed by atoms with Crippen LogP contribution in [0.1, 0.15) is 17.6 Å². The highest BCUT2D eigenvalue weighted by molar-refractivity contribution is 7.99. The Balaban J connectivity index is 1.50. The van der Waals surface area contributed by atoms with Crippen molar-refractivity contribution in [1.82, 2.24) is 24.6 Å². The van der Waals surface area contributed by atoms with Crippen LogP contribution in [0.5, 0.6) is 0 Å². The molecule has 0 aliphatic rings. The van der Waals surface area contributed by atoms with Gasteiger partial charge in [-0.25, -0.2) is 0 Å². The van der Waals surface area contributed by atoms with Crippen molar-refractivity contribution in [1.29, 1.82) is 0 Å². The van der Waals surface area contributed by atoms with E-state index in [1.165, 1.54) is 23.1 Å². The maximum atomic E-state index is 12.9. The molecule has 0 fully saturated rings. The second-order valence-electron chi connectivity index (χ2n) is 6.62. The highest BCUT2D eigenvalue weighted by Gasteiger charge is 2.19. The first-order valence-corrected chi connectivity index (χ1v) is 11.8. The summed E-state index contributed by atoms with van der Waals surface area (Å²) in [4.78, 5) is 19.9. The van der Waals surface area contributed by atoms with E-state index in [9.17, 15) is 4.79 Å². The van der Waals surface area contributed by atoms with E-state index in [4.69, 9.17) is 16.0 Å². The first-order chi connectivity index (χ1) is 15.1. The van der Waals surface area contributed by atoms with Crippen LogP contribution in [0.4, 0.5) is 0 Å². The lowest BCUT2D eigenvalue weighted by molar-refractivity contribution is -0.128. The van der Waals surface area contributed by atoms with Crippen molar-refractivity contribution < 1.29 is 9.21 Å². The molecular formula is C21H20ClN5O2S2. The number of rotatable bonds is 9. The Morgan fingerprint density at radius 2 is 2.16 bits per heavy atom. The summed E-state index contributed by atoms with van der Waals surface area (Å²) in [7, 11) is 0. The summed E-state index contributed by atoms with van der Waals surface area (Å²) in [5.41, 5.74) is 0.851. The zero-order valence-electron chi connectivity index (χ0n) is 16.8. The van der Waals surface area contributed by atoms with Gasteiger partial charge in [0.2, 0.25) is 5.91 Å². The number of pyridine rings is 1. The third-order valence-corrected chi connectivity index (χ3v) is 6.73. The number of halogens is 1. The van der Waals surface area contributed by atoms with Crippen molar-refractivity contribution in [3.8, 4) is 11.4 Å². The van der Waals surface area contributed by atoms with Crippen LogP contribution in [-0.4, -0.2) is 42.9 Å². The topological polar surface area (TPSA) is 77.1 Å². The first-order valence-electron chi connectivity index (χ1n) is 9.64. The smallest absolute Gasteiger partial charge is 0.233 e. The van der Waals surface area contributed by atoms with E-state index >= 15 is 0 Å². The molecule has 4 heterocycles. The van der Waals surface area contributed by atoms with E-state index in [0.29, 0.717) is 30.6 Å². The van der Waals surface area contributed by atoms with Crippen LogP contribution in [0.15, 0.2) is 64.6 Å². The van der Waals surface area contributed by atoms with Crippen LogP contribution in [0.2, 0.25) is 4.34 Å². The van der Waals surface area contributed by atoms with Crippen molar-refractivity contribution in [2.24, 2.45) is 0 Å². The summed E-state index contributed by atoms with van der Waals surface area (Å²) in [5.74, 6) is 1.76. The minimum Gasteiger partial charge on any atom is -0.467 e. The van der Waals surface area contributed by atoms with Crippen molar-refractivity contribution in [2.45, 2.75) is 25.2 Å². The average molecular weight is 474 g/mol. The Morgan fingerprint density at radius 1 is 1.26 bits per heavy atom. The first kappa shape index (κ1) is 21.6. The molecule has 0 saturated carbocycles. The molecule has 4 aromatic rings. The summed E-state index contributed by atoms with van der Waals surface area (Å²) in [5, 5.41) is 9.34. The lowest BCUT2D eigenvalue weighted by Crippen LogP contribution is -2.31. The second-order valence-corrected chi connectivity index (χ2v) is 9.36. The molecule has 0 radical (unpaired) electrons. The van der Waals surface area contributed by atoms with Gasteiger partial charge < -0.3 is 9.32 Å². The van der Waals surface area contributed by atoms with Gasteiger partial charge in [-0.15, -0.1) is 21.5 Å². The Bertz CT molecular complexity index is 1130. The van der Waals surface area contributed by atoms with Crippen LogP contribution < -0.4 is 0 Å². The fraction of sp³-hybridized carbons (Fsp3) is 0.238. The maximum Gasteiger partial charge on any atom is 0.233 e. The number of furan rings is 1. The van der Waals surface area contributed by atoms with Gasteiger partial charge in [0.1, 0.15) is 5.76 Å². The number of carbonyl (C=O) groups excluding carboxylic acids is 1. The molecule has 0 aliphatic heterocycles. The van der Waals surface area contributed by atoms with Gasteiger partial charge in [-0.1, -0.05) is 23.4 Å². The van der Waals surface area contributed by atoms with Gasteiger partial charge in [0.05, 0.1) is 29.4 Å². The van der Waals surface area contributed by atoms with Gasteiger partial charge in [0.15, 0.2) is 11.0 Å². The molecule has 0 aliphatic carbocycles. The van der Waals surface area contributed by atoms with Crippen molar-refractivity contribution in [3.63, 3.8) is 0 Å². The van der Waals surface area contributed by atoms with Gasteiger partial charge in [0, 0.05) is 29.4 Å². The van der Waals surface area contributed by atoms with E-state index in [-0.39, 0.29) is 11.7 Å². The van der Waals surface area contributed by atoms with Crippen LogP contribution >= 0.6 is 34.7 Å². The van der Waals surface area contributed by atoms with Crippen molar-refractivity contribution in [3.05, 3.63) is 70.0 Å². The highest BCUT2D eigenvalue weighted by Crippen LogP contribution is 2.26. The van der Waals surface area contributed by atoms with Crippen LogP contribution in [0.3, 0.4) is 0 Å². The molecule has 0 unspecified atom stereocenters. The van der Waals surface area contributed by atoms with Crippen molar-refractivity contribution in [2.75, 3.05) is 12.3 Å². The largest absolute Gasteiger partial charge is 0.467 e. The van der Waals surface area contributed by atoms with Gasteiger partial charge >= 0.3 is 0 Å². The monoisotopic (exact) mass is 473 g/mol. The fourth-order valence-electron chi connectivity index (χ4n) is 3.02. The highest BCUT2D eigenvalue weighted by atomic mass is 35.5. The summed E-state index contributed by atoms with van der Waals surface area (Å²) in [6.45, 7) is 3.60. The molecule has 0 bridgehead atoms. The lowest BCUT2D eigenvalue weighted by atomic mass is 10.2. The molecule has 0 N–H and O–H groups in total. The number of hydrogen-bond donors (Lipinski definition) is 0. The standard InChI is InChI=1S/C21H20ClN5O2S2/c1-2-26(13-17-7-8-18(22)31-17)19(28)14-30-21-25-24-20(15-5-3-9-23-11-15)27(21)12-16-6-4-10-29-16/h3-11H,2,12-14H2,1H3. The van der Waals surface area contributed by atoms with Crippen molar-refractivity contribution >= 4 is 40.6 Å². The SMILES string of the molecule is CCN(Cc1ccc(Cl)s1)C(=O)CSc1nnc(-c2cccnc2)n1Cc1ccco1.